The van der Waals surface area contributed by atoms with Crippen LogP contribution in [0.3, 0.4) is 0 Å². The van der Waals surface area contributed by atoms with Crippen LogP contribution in [0.15, 0.2) is 0 Å². The first-order valence-electron chi connectivity index (χ1n) is 6.01. The second-order valence-corrected chi connectivity index (χ2v) is 4.29. The summed E-state index contributed by atoms with van der Waals surface area (Å²) in [7, 11) is 1.45. The Morgan fingerprint density at radius 3 is 2.84 bits per heavy atom. The molecule has 0 bridgehead atoms. The maximum Gasteiger partial charge on any atom is 0.305 e. The standard InChI is InChI=1S/C11H19N3O5/c1-19-7(6-12)4-9(15)14-3-2-13-11(18)8(14)5-10(16)17/h7-8H,2-6,12H2,1H3,(H,13,18)(H,16,17). The highest BCUT2D eigenvalue weighted by atomic mass is 16.5. The second kappa shape index (κ2) is 7.05. The van der Waals surface area contributed by atoms with Gasteiger partial charge in [0.2, 0.25) is 11.8 Å². The fraction of sp³-hybridized carbons (Fsp3) is 0.727. The number of amides is 2. The molecule has 2 amide bonds. The first-order valence-corrected chi connectivity index (χ1v) is 6.01. The predicted octanol–water partition coefficient (Wildman–Crippen LogP) is -1.85. The van der Waals surface area contributed by atoms with Gasteiger partial charge in [0.05, 0.1) is 18.9 Å². The summed E-state index contributed by atoms with van der Waals surface area (Å²) < 4.78 is 5.01. The van der Waals surface area contributed by atoms with Crippen molar-refractivity contribution in [3.05, 3.63) is 0 Å². The number of carbonyl (C=O) groups is 3. The zero-order chi connectivity index (χ0) is 14.4. The average Bonchev–Trinajstić information content (AvgIpc) is 2.37. The minimum absolute atomic E-state index is 0.0381. The fourth-order valence-corrected chi connectivity index (χ4v) is 1.96. The third-order valence-corrected chi connectivity index (χ3v) is 3.02. The van der Waals surface area contributed by atoms with Crippen LogP contribution in [0.5, 0.6) is 0 Å². The lowest BCUT2D eigenvalue weighted by Gasteiger charge is -2.35. The molecule has 1 heterocycles. The van der Waals surface area contributed by atoms with Gasteiger partial charge in [0.25, 0.3) is 0 Å². The Bertz CT molecular complexity index is 356. The van der Waals surface area contributed by atoms with Gasteiger partial charge >= 0.3 is 5.97 Å². The zero-order valence-electron chi connectivity index (χ0n) is 10.8. The second-order valence-electron chi connectivity index (χ2n) is 4.29. The molecule has 1 aliphatic heterocycles. The van der Waals surface area contributed by atoms with Gasteiger partial charge < -0.3 is 25.8 Å². The van der Waals surface area contributed by atoms with Crippen molar-refractivity contribution in [3.63, 3.8) is 0 Å². The van der Waals surface area contributed by atoms with Crippen molar-refractivity contribution >= 4 is 17.8 Å². The summed E-state index contributed by atoms with van der Waals surface area (Å²) in [6.45, 7) is 0.802. The van der Waals surface area contributed by atoms with Crippen molar-refractivity contribution in [2.45, 2.75) is 25.0 Å². The number of rotatable bonds is 6. The van der Waals surface area contributed by atoms with Gasteiger partial charge in [-0.05, 0) is 0 Å². The Kier molecular flexibility index (Phi) is 5.71. The molecular formula is C11H19N3O5. The number of piperazine rings is 1. The van der Waals surface area contributed by atoms with E-state index in [0.717, 1.165) is 0 Å². The Balaban J connectivity index is 2.73. The van der Waals surface area contributed by atoms with Gasteiger partial charge in [0.1, 0.15) is 6.04 Å². The van der Waals surface area contributed by atoms with E-state index in [1.165, 1.54) is 12.0 Å². The van der Waals surface area contributed by atoms with Crippen molar-refractivity contribution in [2.75, 3.05) is 26.7 Å². The molecule has 2 atom stereocenters. The van der Waals surface area contributed by atoms with Gasteiger partial charge in [-0.1, -0.05) is 0 Å². The Morgan fingerprint density at radius 2 is 2.32 bits per heavy atom. The Hall–Kier alpha value is -1.67. The van der Waals surface area contributed by atoms with Crippen LogP contribution in [0.4, 0.5) is 0 Å². The molecule has 0 saturated carbocycles. The molecule has 2 unspecified atom stereocenters. The van der Waals surface area contributed by atoms with Crippen molar-refractivity contribution in [1.29, 1.82) is 0 Å². The normalized spacial score (nSPS) is 20.8. The summed E-state index contributed by atoms with van der Waals surface area (Å²) in [6, 6.07) is -0.964. The van der Waals surface area contributed by atoms with Gasteiger partial charge in [0.15, 0.2) is 0 Å². The molecule has 0 aliphatic carbocycles. The quantitative estimate of drug-likeness (QED) is 0.522. The van der Waals surface area contributed by atoms with Gasteiger partial charge in [-0.3, -0.25) is 14.4 Å². The van der Waals surface area contributed by atoms with Crippen LogP contribution in [-0.2, 0) is 19.1 Å². The summed E-state index contributed by atoms with van der Waals surface area (Å²) in [4.78, 5) is 35.8. The number of carboxylic acids is 1. The minimum atomic E-state index is -1.12. The van der Waals surface area contributed by atoms with E-state index >= 15 is 0 Å². The SMILES string of the molecule is COC(CN)CC(=O)N1CCNC(=O)C1CC(=O)O. The zero-order valence-corrected chi connectivity index (χ0v) is 10.8. The number of hydrogen-bond acceptors (Lipinski definition) is 5. The van der Waals surface area contributed by atoms with E-state index < -0.39 is 30.4 Å². The van der Waals surface area contributed by atoms with E-state index in [1.54, 1.807) is 0 Å². The highest BCUT2D eigenvalue weighted by Crippen LogP contribution is 2.12. The Labute approximate surface area is 110 Å². The maximum atomic E-state index is 12.1. The van der Waals surface area contributed by atoms with Gasteiger partial charge in [-0.2, -0.15) is 0 Å². The summed E-state index contributed by atoms with van der Waals surface area (Å²) in [5.41, 5.74) is 5.43. The monoisotopic (exact) mass is 273 g/mol. The molecule has 1 fully saturated rings. The molecule has 0 aromatic heterocycles. The lowest BCUT2D eigenvalue weighted by molar-refractivity contribution is -0.149. The minimum Gasteiger partial charge on any atom is -0.481 e. The maximum absolute atomic E-state index is 12.1. The molecule has 4 N–H and O–H groups in total. The van der Waals surface area contributed by atoms with E-state index in [2.05, 4.69) is 5.32 Å². The summed E-state index contributed by atoms with van der Waals surface area (Å²) >= 11 is 0. The van der Waals surface area contributed by atoms with Crippen molar-refractivity contribution in [3.8, 4) is 0 Å². The molecule has 0 aromatic carbocycles. The molecule has 108 valence electrons. The molecule has 8 nitrogen and oxygen atoms in total. The van der Waals surface area contributed by atoms with E-state index in [9.17, 15) is 14.4 Å². The Morgan fingerprint density at radius 1 is 1.63 bits per heavy atom. The van der Waals surface area contributed by atoms with E-state index in [1.807, 2.05) is 0 Å². The molecule has 1 rings (SSSR count). The molecule has 8 heteroatoms. The van der Waals surface area contributed by atoms with Gasteiger partial charge in [-0.25, -0.2) is 0 Å². The van der Waals surface area contributed by atoms with Crippen molar-refractivity contribution < 1.29 is 24.2 Å². The van der Waals surface area contributed by atoms with Crippen molar-refractivity contribution in [2.24, 2.45) is 5.73 Å². The van der Waals surface area contributed by atoms with Crippen LogP contribution < -0.4 is 11.1 Å². The third-order valence-electron chi connectivity index (χ3n) is 3.02. The number of carbonyl (C=O) groups excluding carboxylic acids is 2. The number of aliphatic carboxylic acids is 1. The largest absolute Gasteiger partial charge is 0.481 e. The molecule has 0 aromatic rings. The van der Waals surface area contributed by atoms with Crippen LogP contribution in [0, 0.1) is 0 Å². The fourth-order valence-electron chi connectivity index (χ4n) is 1.96. The number of ether oxygens (including phenoxy) is 1. The van der Waals surface area contributed by atoms with Crippen LogP contribution in [0.1, 0.15) is 12.8 Å². The van der Waals surface area contributed by atoms with E-state index in [-0.39, 0.29) is 18.9 Å². The third kappa shape index (κ3) is 4.18. The number of nitrogens with zero attached hydrogens (tertiary/aromatic N) is 1. The van der Waals surface area contributed by atoms with Crippen LogP contribution in [0.2, 0.25) is 0 Å². The van der Waals surface area contributed by atoms with Crippen LogP contribution >= 0.6 is 0 Å². The average molecular weight is 273 g/mol. The first kappa shape index (κ1) is 15.4. The lowest BCUT2D eigenvalue weighted by Crippen LogP contribution is -2.58. The molecule has 0 radical (unpaired) electrons. The van der Waals surface area contributed by atoms with E-state index in [0.29, 0.717) is 13.1 Å². The van der Waals surface area contributed by atoms with Gasteiger partial charge in [0, 0.05) is 26.7 Å². The smallest absolute Gasteiger partial charge is 0.305 e. The molecular weight excluding hydrogens is 254 g/mol. The number of carboxylic acid groups (broad SMARTS) is 1. The highest BCUT2D eigenvalue weighted by molar-refractivity contribution is 5.91. The lowest BCUT2D eigenvalue weighted by atomic mass is 10.1. The number of nitrogens with one attached hydrogen (secondary N) is 1. The molecule has 1 saturated heterocycles. The summed E-state index contributed by atoms with van der Waals surface area (Å²) in [5, 5.41) is 11.3. The van der Waals surface area contributed by atoms with Gasteiger partial charge in [-0.15, -0.1) is 0 Å². The van der Waals surface area contributed by atoms with Crippen LogP contribution in [-0.4, -0.2) is 66.7 Å². The molecule has 19 heavy (non-hydrogen) atoms. The topological polar surface area (TPSA) is 122 Å². The summed E-state index contributed by atoms with van der Waals surface area (Å²) in [6.07, 6.45) is -0.795. The predicted molar refractivity (Wildman–Crippen MR) is 65.2 cm³/mol. The van der Waals surface area contributed by atoms with E-state index in [4.69, 9.17) is 15.6 Å². The number of methoxy groups -OCH3 is 1. The number of hydrogen-bond donors (Lipinski definition) is 3. The molecule has 1 aliphatic rings. The number of nitrogens with two attached hydrogens (primary N) is 1. The highest BCUT2D eigenvalue weighted by Gasteiger charge is 2.35. The first-order chi connectivity index (χ1) is 8.99. The van der Waals surface area contributed by atoms with Crippen molar-refractivity contribution in [1.82, 2.24) is 10.2 Å². The van der Waals surface area contributed by atoms with Crippen LogP contribution in [0.25, 0.3) is 0 Å². The molecule has 0 spiro atoms. The summed E-state index contributed by atoms with van der Waals surface area (Å²) in [5.74, 6) is -1.89.